The molecule has 12 heteroatoms. The first-order valence-electron chi connectivity index (χ1n) is 12.9. The van der Waals surface area contributed by atoms with E-state index in [-0.39, 0.29) is 23.9 Å². The number of halogens is 2. The Hall–Kier alpha value is -4.76. The number of rotatable bonds is 4. The first-order chi connectivity index (χ1) is 19.6. The number of nitriles is 1. The summed E-state index contributed by atoms with van der Waals surface area (Å²) in [6.07, 6.45) is 1.59. The molecule has 1 fully saturated rings. The molecule has 0 spiro atoms. The van der Waals surface area contributed by atoms with E-state index in [9.17, 15) is 18.8 Å². The topological polar surface area (TPSA) is 107 Å². The summed E-state index contributed by atoms with van der Waals surface area (Å²) in [6.45, 7) is 4.88. The van der Waals surface area contributed by atoms with Gasteiger partial charge in [-0.1, -0.05) is 0 Å². The lowest BCUT2D eigenvalue weighted by atomic mass is 9.96. The van der Waals surface area contributed by atoms with Gasteiger partial charge in [0, 0.05) is 48.6 Å². The zero-order valence-corrected chi connectivity index (χ0v) is 22.9. The van der Waals surface area contributed by atoms with Gasteiger partial charge in [-0.3, -0.25) is 9.48 Å². The Bertz CT molecular complexity index is 1730. The number of methoxy groups -OCH3 is 1. The van der Waals surface area contributed by atoms with Crippen molar-refractivity contribution in [1.82, 2.24) is 24.5 Å². The third kappa shape index (κ3) is 4.38. The average molecular weight is 561 g/mol. The average Bonchev–Trinajstić information content (AvgIpc) is 3.51. The van der Waals surface area contributed by atoms with Gasteiger partial charge in [0.25, 0.3) is 5.91 Å². The summed E-state index contributed by atoms with van der Waals surface area (Å²) < 4.78 is 49.0. The monoisotopic (exact) mass is 560 g/mol. The lowest BCUT2D eigenvalue weighted by molar-refractivity contribution is -0.0374. The van der Waals surface area contributed by atoms with Crippen LogP contribution >= 0.6 is 0 Å². The van der Waals surface area contributed by atoms with Crippen molar-refractivity contribution in [2.75, 3.05) is 26.9 Å². The molecular formula is C29H26F2N6O4. The fourth-order valence-electron chi connectivity index (χ4n) is 5.39. The van der Waals surface area contributed by atoms with Crippen molar-refractivity contribution in [3.05, 3.63) is 65.0 Å². The minimum absolute atomic E-state index is 0.0124. The molecule has 0 N–H and O–H groups in total. The van der Waals surface area contributed by atoms with Crippen molar-refractivity contribution >= 4 is 5.91 Å². The highest BCUT2D eigenvalue weighted by Crippen LogP contribution is 2.46. The van der Waals surface area contributed by atoms with Gasteiger partial charge < -0.3 is 19.1 Å². The molecule has 0 atom stereocenters. The summed E-state index contributed by atoms with van der Waals surface area (Å²) in [5, 5.41) is 18.8. The Morgan fingerprint density at radius 3 is 2.56 bits per heavy atom. The van der Waals surface area contributed by atoms with Crippen molar-refractivity contribution in [1.29, 1.82) is 5.26 Å². The summed E-state index contributed by atoms with van der Waals surface area (Å²) in [6, 6.07) is 8.61. The minimum Gasteiger partial charge on any atom is -0.496 e. The number of hydrogen-bond donors (Lipinski definition) is 0. The third-order valence-corrected chi connectivity index (χ3v) is 7.30. The van der Waals surface area contributed by atoms with E-state index in [1.54, 1.807) is 30.3 Å². The number of amides is 1. The van der Waals surface area contributed by atoms with E-state index < -0.39 is 17.2 Å². The molecular weight excluding hydrogens is 534 g/mol. The Labute approximate surface area is 234 Å². The SMILES string of the molecule is COc1cc2c(cc1-c1nn(C)cc1C#N)-c1c(c(C(=O)N3CCOCC3(C)C)nn1-c1cc(F)cc(F)c1)CO2. The molecule has 10 nitrogen and oxygen atoms in total. The van der Waals surface area contributed by atoms with E-state index in [1.165, 1.54) is 16.5 Å². The molecule has 0 saturated carbocycles. The fourth-order valence-corrected chi connectivity index (χ4v) is 5.39. The second-order valence-electron chi connectivity index (χ2n) is 10.6. The molecule has 1 amide bonds. The standard InChI is InChI=1S/C29H26F2N6O4/c1-29(2)15-40-6-5-36(29)28(38)26-22-14-41-24-11-23(39-4)20(25-16(12-32)13-35(3)33-25)10-21(24)27(22)37(34-26)19-8-17(30)7-18(31)9-19/h7-11,13H,5-6,14-15H2,1-4H3. The number of ether oxygens (including phenoxy) is 3. The first kappa shape index (κ1) is 26.5. The maximum Gasteiger partial charge on any atom is 0.275 e. The van der Waals surface area contributed by atoms with Gasteiger partial charge in [-0.2, -0.15) is 15.5 Å². The molecule has 4 aromatic rings. The number of morpholine rings is 1. The van der Waals surface area contributed by atoms with E-state index in [0.717, 1.165) is 18.2 Å². The zero-order chi connectivity index (χ0) is 29.1. The number of nitrogens with zero attached hydrogens (tertiary/aromatic N) is 6. The van der Waals surface area contributed by atoms with E-state index in [0.29, 0.717) is 64.9 Å². The highest BCUT2D eigenvalue weighted by atomic mass is 19.1. The summed E-state index contributed by atoms with van der Waals surface area (Å²) in [7, 11) is 3.20. The Balaban J connectivity index is 1.61. The summed E-state index contributed by atoms with van der Waals surface area (Å²) >= 11 is 0. The molecule has 0 radical (unpaired) electrons. The molecule has 1 saturated heterocycles. The van der Waals surface area contributed by atoms with Crippen LogP contribution in [0.2, 0.25) is 0 Å². The number of aryl methyl sites for hydroxylation is 1. The van der Waals surface area contributed by atoms with Gasteiger partial charge in [0.1, 0.15) is 41.5 Å². The van der Waals surface area contributed by atoms with E-state index in [1.807, 2.05) is 13.8 Å². The number of carbonyl (C=O) groups excluding carboxylic acids is 1. The molecule has 6 rings (SSSR count). The van der Waals surface area contributed by atoms with Crippen molar-refractivity contribution < 1.29 is 27.8 Å². The van der Waals surface area contributed by atoms with E-state index in [4.69, 9.17) is 14.2 Å². The van der Waals surface area contributed by atoms with Crippen LogP contribution in [-0.4, -0.2) is 62.8 Å². The van der Waals surface area contributed by atoms with Gasteiger partial charge in [-0.25, -0.2) is 13.5 Å². The number of hydrogen-bond acceptors (Lipinski definition) is 7. The number of aromatic nitrogens is 4. The quantitative estimate of drug-likeness (QED) is 0.367. The van der Waals surface area contributed by atoms with Crippen LogP contribution in [0.4, 0.5) is 8.78 Å². The highest BCUT2D eigenvalue weighted by molar-refractivity contribution is 5.97. The molecule has 2 aliphatic heterocycles. The van der Waals surface area contributed by atoms with Crippen LogP contribution in [0.3, 0.4) is 0 Å². The van der Waals surface area contributed by atoms with Crippen LogP contribution in [0, 0.1) is 23.0 Å². The smallest absolute Gasteiger partial charge is 0.275 e. The second kappa shape index (κ2) is 9.71. The predicted molar refractivity (Wildman–Crippen MR) is 143 cm³/mol. The van der Waals surface area contributed by atoms with Crippen molar-refractivity contribution in [3.8, 4) is 45.8 Å². The lowest BCUT2D eigenvalue weighted by Gasteiger charge is -2.41. The van der Waals surface area contributed by atoms with Gasteiger partial charge in [-0.05, 0) is 32.0 Å². The van der Waals surface area contributed by atoms with Gasteiger partial charge in [0.05, 0.1) is 42.8 Å². The summed E-state index contributed by atoms with van der Waals surface area (Å²) in [5.74, 6) is -1.10. The van der Waals surface area contributed by atoms with E-state index in [2.05, 4.69) is 16.3 Å². The molecule has 2 aliphatic rings. The van der Waals surface area contributed by atoms with E-state index >= 15 is 0 Å². The van der Waals surface area contributed by atoms with Crippen LogP contribution < -0.4 is 9.47 Å². The maximum absolute atomic E-state index is 14.4. The van der Waals surface area contributed by atoms with Crippen molar-refractivity contribution in [2.24, 2.45) is 7.05 Å². The largest absolute Gasteiger partial charge is 0.496 e. The van der Waals surface area contributed by atoms with Crippen LogP contribution in [0.25, 0.3) is 28.2 Å². The molecule has 41 heavy (non-hydrogen) atoms. The summed E-state index contributed by atoms with van der Waals surface area (Å²) in [4.78, 5) is 15.7. The Kier molecular flexibility index (Phi) is 6.26. The molecule has 0 aliphatic carbocycles. The van der Waals surface area contributed by atoms with Gasteiger partial charge in [0.2, 0.25) is 0 Å². The molecule has 0 bridgehead atoms. The number of carbonyl (C=O) groups is 1. The normalized spacial score (nSPS) is 15.5. The lowest BCUT2D eigenvalue weighted by Crippen LogP contribution is -2.55. The third-order valence-electron chi connectivity index (χ3n) is 7.30. The fraction of sp³-hybridized carbons (Fsp3) is 0.310. The molecule has 2 aromatic heterocycles. The van der Waals surface area contributed by atoms with Gasteiger partial charge >= 0.3 is 0 Å². The second-order valence-corrected chi connectivity index (χ2v) is 10.6. The Morgan fingerprint density at radius 2 is 1.88 bits per heavy atom. The van der Waals surface area contributed by atoms with Crippen molar-refractivity contribution in [2.45, 2.75) is 26.0 Å². The maximum atomic E-state index is 14.4. The highest BCUT2D eigenvalue weighted by Gasteiger charge is 2.39. The summed E-state index contributed by atoms with van der Waals surface area (Å²) in [5.41, 5.74) is 2.21. The number of fused-ring (bicyclic) bond motifs is 3. The van der Waals surface area contributed by atoms with Gasteiger partial charge in [-0.15, -0.1) is 0 Å². The van der Waals surface area contributed by atoms with Crippen molar-refractivity contribution in [3.63, 3.8) is 0 Å². The zero-order valence-electron chi connectivity index (χ0n) is 22.9. The molecule has 0 unspecified atom stereocenters. The number of benzene rings is 2. The van der Waals surface area contributed by atoms with Crippen LogP contribution in [0.1, 0.15) is 35.5 Å². The molecule has 4 heterocycles. The van der Waals surface area contributed by atoms with Crippen LogP contribution in [0.5, 0.6) is 11.5 Å². The Morgan fingerprint density at radius 1 is 1.12 bits per heavy atom. The predicted octanol–water partition coefficient (Wildman–Crippen LogP) is 4.24. The first-order valence-corrected chi connectivity index (χ1v) is 12.9. The van der Waals surface area contributed by atoms with Crippen LogP contribution in [0.15, 0.2) is 36.5 Å². The molecule has 2 aromatic carbocycles. The van der Waals surface area contributed by atoms with Crippen LogP contribution in [-0.2, 0) is 18.4 Å². The molecule has 210 valence electrons. The van der Waals surface area contributed by atoms with Gasteiger partial charge in [0.15, 0.2) is 5.69 Å². The minimum atomic E-state index is -0.790.